The van der Waals surface area contributed by atoms with Gasteiger partial charge in [-0.1, -0.05) is 13.8 Å². The molecule has 1 aromatic heterocycles. The maximum absolute atomic E-state index is 5.68. The van der Waals surface area contributed by atoms with Crippen molar-refractivity contribution in [3.8, 4) is 0 Å². The van der Waals surface area contributed by atoms with Crippen molar-refractivity contribution in [1.82, 2.24) is 9.55 Å². The number of rotatable bonds is 5. The summed E-state index contributed by atoms with van der Waals surface area (Å²) in [5.74, 6) is 1.59. The minimum atomic E-state index is 0.325. The van der Waals surface area contributed by atoms with Gasteiger partial charge in [-0.2, -0.15) is 0 Å². The third-order valence-electron chi connectivity index (χ3n) is 3.16. The fourth-order valence-corrected chi connectivity index (χ4v) is 2.28. The first-order chi connectivity index (χ1) is 8.16. The third-order valence-corrected chi connectivity index (χ3v) is 3.16. The molecular weight excluding hydrogens is 214 g/mol. The number of nitrogens with zero attached hydrogens (tertiary/aromatic N) is 2. The summed E-state index contributed by atoms with van der Waals surface area (Å²) in [6.45, 7) is 8.50. The first kappa shape index (κ1) is 12.4. The van der Waals surface area contributed by atoms with Gasteiger partial charge in [-0.25, -0.2) is 4.98 Å². The summed E-state index contributed by atoms with van der Waals surface area (Å²) in [5, 5.41) is 3.46. The van der Waals surface area contributed by atoms with Crippen LogP contribution >= 0.6 is 0 Å². The Bertz CT molecular complexity index is 342. The van der Waals surface area contributed by atoms with Crippen molar-refractivity contribution in [3.05, 3.63) is 12.4 Å². The Morgan fingerprint density at radius 3 is 3.00 bits per heavy atom. The van der Waals surface area contributed by atoms with E-state index in [1.165, 1.54) is 6.42 Å². The van der Waals surface area contributed by atoms with Gasteiger partial charge in [0.25, 0.3) is 0 Å². The van der Waals surface area contributed by atoms with E-state index in [4.69, 9.17) is 4.74 Å². The molecule has 1 aromatic rings. The van der Waals surface area contributed by atoms with Crippen LogP contribution in [0, 0.1) is 5.92 Å². The lowest BCUT2D eigenvalue weighted by Crippen LogP contribution is -2.31. The predicted octanol–water partition coefficient (Wildman–Crippen LogP) is 2.52. The molecule has 1 saturated heterocycles. The summed E-state index contributed by atoms with van der Waals surface area (Å²) in [7, 11) is 0. The van der Waals surface area contributed by atoms with Gasteiger partial charge in [0.15, 0.2) is 0 Å². The van der Waals surface area contributed by atoms with Crippen LogP contribution in [0.4, 0.5) is 5.95 Å². The molecule has 96 valence electrons. The predicted molar refractivity (Wildman–Crippen MR) is 69.1 cm³/mol. The van der Waals surface area contributed by atoms with E-state index in [0.29, 0.717) is 18.1 Å². The molecule has 4 heteroatoms. The molecular formula is C13H23N3O. The zero-order valence-corrected chi connectivity index (χ0v) is 11.0. The van der Waals surface area contributed by atoms with Crippen LogP contribution in [-0.2, 0) is 11.3 Å². The van der Waals surface area contributed by atoms with E-state index in [1.54, 1.807) is 0 Å². The molecule has 0 bridgehead atoms. The van der Waals surface area contributed by atoms with Gasteiger partial charge in [0.2, 0.25) is 5.95 Å². The van der Waals surface area contributed by atoms with Crippen molar-refractivity contribution in [3.63, 3.8) is 0 Å². The lowest BCUT2D eigenvalue weighted by atomic mass is 10.1. The first-order valence-electron chi connectivity index (χ1n) is 6.56. The lowest BCUT2D eigenvalue weighted by molar-refractivity contribution is 0.0993. The van der Waals surface area contributed by atoms with Gasteiger partial charge in [-0.05, 0) is 25.7 Å². The Balaban J connectivity index is 1.95. The van der Waals surface area contributed by atoms with Crippen LogP contribution < -0.4 is 5.32 Å². The lowest BCUT2D eigenvalue weighted by Gasteiger charge is -2.21. The number of hydrogen-bond acceptors (Lipinski definition) is 3. The maximum Gasteiger partial charge on any atom is 0.203 e. The average Bonchev–Trinajstić information content (AvgIpc) is 2.89. The van der Waals surface area contributed by atoms with Gasteiger partial charge in [0.05, 0.1) is 12.1 Å². The minimum absolute atomic E-state index is 0.325. The van der Waals surface area contributed by atoms with Crippen LogP contribution in [0.1, 0.15) is 33.6 Å². The largest absolute Gasteiger partial charge is 0.376 e. The van der Waals surface area contributed by atoms with Crippen LogP contribution in [0.3, 0.4) is 0 Å². The molecule has 1 N–H and O–H groups in total. The first-order valence-corrected chi connectivity index (χ1v) is 6.56. The Morgan fingerprint density at radius 2 is 2.35 bits per heavy atom. The summed E-state index contributed by atoms with van der Waals surface area (Å²) in [6.07, 6.45) is 6.55. The average molecular weight is 237 g/mol. The number of aromatic nitrogens is 2. The van der Waals surface area contributed by atoms with Crippen molar-refractivity contribution in [2.75, 3.05) is 11.9 Å². The number of hydrogen-bond donors (Lipinski definition) is 1. The Kier molecular flexibility index (Phi) is 4.05. The molecule has 0 saturated carbocycles. The van der Waals surface area contributed by atoms with Gasteiger partial charge < -0.3 is 14.6 Å². The molecule has 17 heavy (non-hydrogen) atoms. The van der Waals surface area contributed by atoms with Crippen molar-refractivity contribution >= 4 is 5.95 Å². The van der Waals surface area contributed by atoms with Crippen LogP contribution in [0.5, 0.6) is 0 Å². The molecule has 2 heterocycles. The van der Waals surface area contributed by atoms with E-state index >= 15 is 0 Å². The minimum Gasteiger partial charge on any atom is -0.376 e. The second-order valence-electron chi connectivity index (χ2n) is 5.28. The molecule has 1 fully saturated rings. The molecule has 4 nitrogen and oxygen atoms in total. The summed E-state index contributed by atoms with van der Waals surface area (Å²) >= 11 is 0. The third kappa shape index (κ3) is 3.22. The van der Waals surface area contributed by atoms with Gasteiger partial charge in [0, 0.05) is 25.5 Å². The number of nitrogens with one attached hydrogen (secondary N) is 1. The van der Waals surface area contributed by atoms with E-state index in [1.807, 2.05) is 12.4 Å². The normalized spacial score (nSPS) is 22.0. The van der Waals surface area contributed by atoms with Crippen molar-refractivity contribution in [2.45, 2.75) is 52.3 Å². The second kappa shape index (κ2) is 5.54. The van der Waals surface area contributed by atoms with Crippen LogP contribution in [-0.4, -0.2) is 28.3 Å². The Hall–Kier alpha value is -1.03. The quantitative estimate of drug-likeness (QED) is 0.855. The van der Waals surface area contributed by atoms with Crippen LogP contribution in [0.15, 0.2) is 12.4 Å². The van der Waals surface area contributed by atoms with Crippen LogP contribution in [0.2, 0.25) is 0 Å². The highest BCUT2D eigenvalue weighted by molar-refractivity contribution is 5.28. The van der Waals surface area contributed by atoms with Crippen molar-refractivity contribution in [2.24, 2.45) is 5.92 Å². The standard InChI is InChI=1S/C13H23N3O/c1-10(2)9-16-7-6-14-13(16)15-11(3)12-5-4-8-17-12/h6-7,10-12H,4-5,8-9H2,1-3H3,(H,14,15). The van der Waals surface area contributed by atoms with Crippen LogP contribution in [0.25, 0.3) is 0 Å². The molecule has 1 aliphatic heterocycles. The van der Waals surface area contributed by atoms with Crippen molar-refractivity contribution in [1.29, 1.82) is 0 Å². The SMILES string of the molecule is CC(C)Cn1ccnc1NC(C)C1CCCO1. The molecule has 2 rings (SSSR count). The van der Waals surface area contributed by atoms with Gasteiger partial charge >= 0.3 is 0 Å². The summed E-state index contributed by atoms with van der Waals surface area (Å²) < 4.78 is 7.86. The van der Waals surface area contributed by atoms with E-state index in [2.05, 4.69) is 35.6 Å². The zero-order chi connectivity index (χ0) is 12.3. The summed E-state index contributed by atoms with van der Waals surface area (Å²) in [5.41, 5.74) is 0. The fraction of sp³-hybridized carbons (Fsp3) is 0.769. The molecule has 2 unspecified atom stereocenters. The highest BCUT2D eigenvalue weighted by atomic mass is 16.5. The number of ether oxygens (including phenoxy) is 1. The second-order valence-corrected chi connectivity index (χ2v) is 5.28. The topological polar surface area (TPSA) is 39.1 Å². The Morgan fingerprint density at radius 1 is 1.53 bits per heavy atom. The fourth-order valence-electron chi connectivity index (χ4n) is 2.28. The molecule has 0 aromatic carbocycles. The van der Waals surface area contributed by atoms with Gasteiger partial charge in [-0.15, -0.1) is 0 Å². The molecule has 0 amide bonds. The highest BCUT2D eigenvalue weighted by Gasteiger charge is 2.23. The highest BCUT2D eigenvalue weighted by Crippen LogP contribution is 2.18. The van der Waals surface area contributed by atoms with Gasteiger partial charge in [0.1, 0.15) is 0 Å². The summed E-state index contributed by atoms with van der Waals surface area (Å²) in [6, 6.07) is 0.325. The molecule has 2 atom stereocenters. The molecule has 0 spiro atoms. The Labute approximate surface area is 103 Å². The monoisotopic (exact) mass is 237 g/mol. The molecule has 1 aliphatic rings. The molecule has 0 aliphatic carbocycles. The van der Waals surface area contributed by atoms with E-state index in [-0.39, 0.29) is 0 Å². The van der Waals surface area contributed by atoms with Crippen molar-refractivity contribution < 1.29 is 4.74 Å². The number of anilines is 1. The van der Waals surface area contributed by atoms with E-state index < -0.39 is 0 Å². The smallest absolute Gasteiger partial charge is 0.203 e. The zero-order valence-electron chi connectivity index (χ0n) is 11.0. The van der Waals surface area contributed by atoms with E-state index in [0.717, 1.165) is 25.5 Å². The summed E-state index contributed by atoms with van der Waals surface area (Å²) in [4.78, 5) is 4.38. The maximum atomic E-state index is 5.68. The number of imidazole rings is 1. The van der Waals surface area contributed by atoms with E-state index in [9.17, 15) is 0 Å². The molecule has 0 radical (unpaired) electrons. The van der Waals surface area contributed by atoms with Gasteiger partial charge in [-0.3, -0.25) is 0 Å².